The third-order valence-electron chi connectivity index (χ3n) is 15.3. The van der Waals surface area contributed by atoms with Gasteiger partial charge in [-0.3, -0.25) is 19.2 Å². The first-order chi connectivity index (χ1) is 40.7. The summed E-state index contributed by atoms with van der Waals surface area (Å²) < 4.78 is 78.1. The molecule has 18 heteroatoms. The summed E-state index contributed by atoms with van der Waals surface area (Å²) in [6, 6.07) is 29.2. The van der Waals surface area contributed by atoms with Gasteiger partial charge in [0.15, 0.2) is 0 Å². The molecule has 5 aromatic carbocycles. The Hall–Kier alpha value is -7.50. The van der Waals surface area contributed by atoms with Gasteiger partial charge in [0.2, 0.25) is 5.91 Å². The van der Waals surface area contributed by atoms with Crippen molar-refractivity contribution in [3.63, 3.8) is 0 Å². The van der Waals surface area contributed by atoms with Crippen molar-refractivity contribution in [3.05, 3.63) is 166 Å². The van der Waals surface area contributed by atoms with Gasteiger partial charge in [0, 0.05) is 43.0 Å². The maximum Gasteiger partial charge on any atom is 0.416 e. The maximum absolute atomic E-state index is 13.2. The number of halogens is 6. The summed E-state index contributed by atoms with van der Waals surface area (Å²) in [6.45, 7) is 4.10. The lowest BCUT2D eigenvalue weighted by molar-refractivity contribution is -0.158. The number of carbonyl (C=O) groups is 6. The van der Waals surface area contributed by atoms with Crippen LogP contribution in [-0.2, 0) is 62.4 Å². The van der Waals surface area contributed by atoms with Crippen molar-refractivity contribution in [2.75, 3.05) is 10.6 Å². The van der Waals surface area contributed by atoms with Gasteiger partial charge in [-0.1, -0.05) is 177 Å². The number of nitrogens with zero attached hydrogens (tertiary/aromatic N) is 2. The van der Waals surface area contributed by atoms with E-state index in [0.29, 0.717) is 45.6 Å². The molecule has 5 aromatic rings. The average molecular weight is 1190 g/mol. The smallest absolute Gasteiger partial charge is 0.416 e. The van der Waals surface area contributed by atoms with Crippen molar-refractivity contribution in [3.8, 4) is 0 Å². The van der Waals surface area contributed by atoms with E-state index in [0.717, 1.165) is 87.0 Å². The number of amides is 4. The van der Waals surface area contributed by atoms with Gasteiger partial charge in [0.1, 0.15) is 0 Å². The van der Waals surface area contributed by atoms with E-state index in [1.165, 1.54) is 112 Å². The molecule has 4 N–H and O–H groups in total. The van der Waals surface area contributed by atoms with Crippen molar-refractivity contribution in [2.45, 2.75) is 193 Å². The molecule has 0 saturated heterocycles. The molecule has 1 atom stereocenters. The quantitative estimate of drug-likeness (QED) is 0.0200. The normalized spacial score (nSPS) is 12.8. The summed E-state index contributed by atoms with van der Waals surface area (Å²) in [5.41, 5.74) is 3.28. The molecule has 1 aliphatic carbocycles. The molecule has 1 saturated carbocycles. The van der Waals surface area contributed by atoms with Crippen LogP contribution in [0.2, 0.25) is 0 Å². The summed E-state index contributed by atoms with van der Waals surface area (Å²) >= 11 is 0. The van der Waals surface area contributed by atoms with E-state index in [1.807, 2.05) is 24.3 Å². The summed E-state index contributed by atoms with van der Waals surface area (Å²) in [7, 11) is 0. The first kappa shape index (κ1) is 68.3. The Morgan fingerprint density at radius 3 is 1.35 bits per heavy atom. The van der Waals surface area contributed by atoms with Crippen molar-refractivity contribution in [1.29, 1.82) is 0 Å². The van der Waals surface area contributed by atoms with Crippen LogP contribution in [0.1, 0.15) is 204 Å². The van der Waals surface area contributed by atoms with Crippen molar-refractivity contribution < 1.29 is 65.3 Å². The van der Waals surface area contributed by atoms with E-state index >= 15 is 0 Å². The molecule has 4 amide bonds. The molecule has 85 heavy (non-hydrogen) atoms. The summed E-state index contributed by atoms with van der Waals surface area (Å²) in [5, 5.41) is 24.6. The van der Waals surface area contributed by atoms with E-state index in [1.54, 1.807) is 48.5 Å². The van der Waals surface area contributed by atoms with E-state index in [9.17, 15) is 65.3 Å². The van der Waals surface area contributed by atoms with E-state index < -0.39 is 53.3 Å². The third-order valence-corrected chi connectivity index (χ3v) is 15.3. The molecule has 0 radical (unpaired) electrons. The minimum atomic E-state index is -4.50. The summed E-state index contributed by atoms with van der Waals surface area (Å²) in [5.74, 6) is -6.03. The minimum Gasteiger partial charge on any atom is -0.474 e. The zero-order valence-corrected chi connectivity index (χ0v) is 48.9. The molecular weight excluding hydrogens is 1100 g/mol. The standard InChI is InChI=1S/C35H47F3N2O4.C32H35F3N2O4/c1-2-3-4-5-6-7-8-9-10-11-16-31(41)39-30-23-17-26(18-24-30)25-40(33(42)34(43)44)32(27-14-12-13-15-27)28-19-21-29(22-20-28)35(36,37)38;1-2-3-4-5-6-7-8-23-13-19-28(20-14-23)36-29(38)26-15-9-24(10-16-26)21-37(30(39)31(40)41)22-25-11-17-27(18-12-25)32(33,34)35/h17-24,27,32H,2-16,25H2,1H3,(H,39,41)(H,43,44);9-20H,2-8,21-22H2,1H3,(H,36,38)(H,40,41). The SMILES string of the molecule is CCCCCCCCCCCCC(=O)Nc1ccc(CN(C(=O)C(=O)O)C(c2ccc(C(F)(F)F)cc2)C2CCCC2)cc1.CCCCCCCCc1ccc(NC(=O)c2ccc(CN(Cc3ccc(C(F)(F)F)cc3)C(=O)C(=O)O)cc2)cc1. The van der Waals surface area contributed by atoms with Gasteiger partial charge >= 0.3 is 36.1 Å². The van der Waals surface area contributed by atoms with Gasteiger partial charge in [-0.05, 0) is 127 Å². The van der Waals surface area contributed by atoms with E-state index in [-0.39, 0.29) is 37.4 Å². The number of aliphatic carboxylic acids is 2. The Labute approximate surface area is 495 Å². The number of anilines is 2. The molecule has 1 fully saturated rings. The largest absolute Gasteiger partial charge is 0.474 e. The van der Waals surface area contributed by atoms with Crippen LogP contribution in [0.3, 0.4) is 0 Å². The van der Waals surface area contributed by atoms with Crippen molar-refractivity contribution in [2.24, 2.45) is 5.92 Å². The fraction of sp³-hybridized carbons (Fsp3) is 0.463. The molecule has 1 unspecified atom stereocenters. The van der Waals surface area contributed by atoms with Crippen LogP contribution in [0.4, 0.5) is 37.7 Å². The summed E-state index contributed by atoms with van der Waals surface area (Å²) in [4.78, 5) is 75.9. The van der Waals surface area contributed by atoms with Gasteiger partial charge < -0.3 is 30.6 Å². The molecule has 0 aliphatic heterocycles. The zero-order valence-electron chi connectivity index (χ0n) is 48.9. The second kappa shape index (κ2) is 35.1. The van der Waals surface area contributed by atoms with Crippen LogP contribution in [-0.4, -0.2) is 55.6 Å². The molecule has 6 rings (SSSR count). The van der Waals surface area contributed by atoms with Crippen LogP contribution < -0.4 is 10.6 Å². The number of nitrogens with one attached hydrogen (secondary N) is 2. The van der Waals surface area contributed by atoms with Crippen LogP contribution in [0, 0.1) is 5.92 Å². The molecule has 0 bridgehead atoms. The van der Waals surface area contributed by atoms with Gasteiger partial charge in [-0.25, -0.2) is 9.59 Å². The number of aryl methyl sites for hydroxylation is 1. The van der Waals surface area contributed by atoms with Gasteiger partial charge in [-0.2, -0.15) is 26.3 Å². The highest BCUT2D eigenvalue weighted by Gasteiger charge is 2.38. The number of hydrogen-bond acceptors (Lipinski definition) is 6. The van der Waals surface area contributed by atoms with Crippen molar-refractivity contribution >= 4 is 46.9 Å². The number of alkyl halides is 6. The molecule has 0 aromatic heterocycles. The number of carboxylic acid groups (broad SMARTS) is 2. The molecular formula is C67H82F6N4O8. The van der Waals surface area contributed by atoms with Crippen LogP contribution in [0.5, 0.6) is 0 Å². The predicted octanol–water partition coefficient (Wildman–Crippen LogP) is 16.8. The number of carboxylic acids is 2. The van der Waals surface area contributed by atoms with E-state index in [4.69, 9.17) is 0 Å². The zero-order chi connectivity index (χ0) is 61.8. The first-order valence-electron chi connectivity index (χ1n) is 29.9. The lowest BCUT2D eigenvalue weighted by Crippen LogP contribution is -2.41. The number of benzene rings is 5. The molecule has 0 heterocycles. The number of hydrogen-bond donors (Lipinski definition) is 4. The van der Waals surface area contributed by atoms with Crippen LogP contribution in [0.25, 0.3) is 0 Å². The van der Waals surface area contributed by atoms with Crippen LogP contribution >= 0.6 is 0 Å². The summed E-state index contributed by atoms with van der Waals surface area (Å²) in [6.07, 6.45) is 15.1. The van der Waals surface area contributed by atoms with Gasteiger partial charge in [-0.15, -0.1) is 0 Å². The van der Waals surface area contributed by atoms with Gasteiger partial charge in [0.05, 0.1) is 17.2 Å². The minimum absolute atomic E-state index is 0.0276. The molecule has 0 spiro atoms. The Bertz CT molecular complexity index is 2860. The lowest BCUT2D eigenvalue weighted by atomic mass is 9.89. The number of rotatable bonds is 30. The Kier molecular flexibility index (Phi) is 28.2. The fourth-order valence-electron chi connectivity index (χ4n) is 10.6. The van der Waals surface area contributed by atoms with Crippen molar-refractivity contribution in [1.82, 2.24) is 9.80 Å². The Morgan fingerprint density at radius 1 is 0.482 bits per heavy atom. The Morgan fingerprint density at radius 2 is 0.882 bits per heavy atom. The average Bonchev–Trinajstić information content (AvgIpc) is 3.61. The van der Waals surface area contributed by atoms with Crippen LogP contribution in [0.15, 0.2) is 121 Å². The molecule has 12 nitrogen and oxygen atoms in total. The Balaban J connectivity index is 0.000000311. The monoisotopic (exact) mass is 1180 g/mol. The molecule has 460 valence electrons. The highest BCUT2D eigenvalue weighted by Crippen LogP contribution is 2.42. The second-order valence-electron chi connectivity index (χ2n) is 22.1. The second-order valence-corrected chi connectivity index (χ2v) is 22.1. The highest BCUT2D eigenvalue weighted by molar-refractivity contribution is 6.31. The molecule has 1 aliphatic rings. The number of carbonyl (C=O) groups excluding carboxylic acids is 4. The highest BCUT2D eigenvalue weighted by atomic mass is 19.4. The predicted molar refractivity (Wildman–Crippen MR) is 317 cm³/mol. The first-order valence-corrected chi connectivity index (χ1v) is 29.9. The van der Waals surface area contributed by atoms with E-state index in [2.05, 4.69) is 24.5 Å². The van der Waals surface area contributed by atoms with Gasteiger partial charge in [0.25, 0.3) is 5.91 Å². The fourth-order valence-corrected chi connectivity index (χ4v) is 10.6. The maximum atomic E-state index is 13.2. The number of unbranched alkanes of at least 4 members (excludes halogenated alkanes) is 14. The third kappa shape index (κ3) is 23.8. The lowest BCUT2D eigenvalue weighted by Gasteiger charge is -2.35. The topological polar surface area (TPSA) is 173 Å².